The number of nitrogens with zero attached hydrogens (tertiary/aromatic N) is 2. The fourth-order valence-corrected chi connectivity index (χ4v) is 3.05. The first kappa shape index (κ1) is 14.1. The summed E-state index contributed by atoms with van der Waals surface area (Å²) in [4.78, 5) is 27.7. The summed E-state index contributed by atoms with van der Waals surface area (Å²) in [5.74, 6) is 0.101. The Kier molecular flexibility index (Phi) is 3.68. The fraction of sp³-hybridized carbons (Fsp3) is 0.500. The highest BCUT2D eigenvalue weighted by Gasteiger charge is 2.26. The SMILES string of the molecule is CC(=O)N1CCc2cc(C(=O)N3CCOC(C)C3)ccc21. The van der Waals surface area contributed by atoms with Gasteiger partial charge in [-0.3, -0.25) is 9.59 Å². The Morgan fingerprint density at radius 1 is 1.29 bits per heavy atom. The maximum absolute atomic E-state index is 12.6. The van der Waals surface area contributed by atoms with Crippen LogP contribution in [0.15, 0.2) is 18.2 Å². The van der Waals surface area contributed by atoms with Gasteiger partial charge in [-0.15, -0.1) is 0 Å². The van der Waals surface area contributed by atoms with E-state index in [4.69, 9.17) is 4.74 Å². The Bertz CT molecular complexity index is 585. The molecule has 1 fully saturated rings. The summed E-state index contributed by atoms with van der Waals surface area (Å²) in [5, 5.41) is 0. The Hall–Kier alpha value is -1.88. The van der Waals surface area contributed by atoms with Crippen molar-refractivity contribution in [1.29, 1.82) is 0 Å². The van der Waals surface area contributed by atoms with Gasteiger partial charge < -0.3 is 14.5 Å². The van der Waals surface area contributed by atoms with Crippen molar-refractivity contribution in [3.63, 3.8) is 0 Å². The number of ether oxygens (including phenoxy) is 1. The van der Waals surface area contributed by atoms with Crippen LogP contribution in [0.1, 0.15) is 29.8 Å². The molecule has 1 saturated heterocycles. The number of anilines is 1. The van der Waals surface area contributed by atoms with Crippen LogP contribution in [0.3, 0.4) is 0 Å². The van der Waals surface area contributed by atoms with E-state index in [0.29, 0.717) is 31.8 Å². The average Bonchev–Trinajstić information content (AvgIpc) is 2.89. The van der Waals surface area contributed by atoms with Gasteiger partial charge in [0.1, 0.15) is 0 Å². The Morgan fingerprint density at radius 2 is 2.10 bits per heavy atom. The maximum atomic E-state index is 12.6. The molecule has 0 bridgehead atoms. The molecule has 112 valence electrons. The van der Waals surface area contributed by atoms with Crippen molar-refractivity contribution in [3.8, 4) is 0 Å². The molecular formula is C16H20N2O3. The molecule has 2 aliphatic rings. The number of amides is 2. The predicted octanol–water partition coefficient (Wildman–Crippen LogP) is 1.46. The highest BCUT2D eigenvalue weighted by molar-refractivity contribution is 5.97. The van der Waals surface area contributed by atoms with Crippen LogP contribution in [0, 0.1) is 0 Å². The molecule has 0 aromatic heterocycles. The second-order valence-corrected chi connectivity index (χ2v) is 5.70. The van der Waals surface area contributed by atoms with Gasteiger partial charge in [0.05, 0.1) is 12.7 Å². The van der Waals surface area contributed by atoms with Gasteiger partial charge in [-0.05, 0) is 37.1 Å². The first-order valence-electron chi connectivity index (χ1n) is 7.38. The minimum Gasteiger partial charge on any atom is -0.375 e. The lowest BCUT2D eigenvalue weighted by molar-refractivity contribution is -0.116. The zero-order valence-electron chi connectivity index (χ0n) is 12.5. The summed E-state index contributed by atoms with van der Waals surface area (Å²) in [6.07, 6.45) is 0.903. The predicted molar refractivity (Wildman–Crippen MR) is 79.5 cm³/mol. The topological polar surface area (TPSA) is 49.9 Å². The van der Waals surface area contributed by atoms with Crippen molar-refractivity contribution in [2.75, 3.05) is 31.1 Å². The molecule has 1 aromatic rings. The van der Waals surface area contributed by atoms with Crippen LogP contribution in [0.5, 0.6) is 0 Å². The molecule has 0 aliphatic carbocycles. The number of hydrogen-bond acceptors (Lipinski definition) is 3. The minimum absolute atomic E-state index is 0.0502. The lowest BCUT2D eigenvalue weighted by Crippen LogP contribution is -2.44. The molecule has 1 atom stereocenters. The van der Waals surface area contributed by atoms with Crippen LogP contribution in [0.25, 0.3) is 0 Å². The van der Waals surface area contributed by atoms with E-state index < -0.39 is 0 Å². The summed E-state index contributed by atoms with van der Waals surface area (Å²) in [6.45, 7) is 6.12. The first-order valence-corrected chi connectivity index (χ1v) is 7.38. The normalized spacial score (nSPS) is 21.3. The van der Waals surface area contributed by atoms with Crippen molar-refractivity contribution in [2.24, 2.45) is 0 Å². The van der Waals surface area contributed by atoms with E-state index in [9.17, 15) is 9.59 Å². The highest BCUT2D eigenvalue weighted by atomic mass is 16.5. The van der Waals surface area contributed by atoms with E-state index in [1.165, 1.54) is 0 Å². The van der Waals surface area contributed by atoms with Crippen molar-refractivity contribution < 1.29 is 14.3 Å². The summed E-state index contributed by atoms with van der Waals surface area (Å²) in [7, 11) is 0. The fourth-order valence-electron chi connectivity index (χ4n) is 3.05. The molecule has 2 amide bonds. The van der Waals surface area contributed by atoms with Gasteiger partial charge in [-0.1, -0.05) is 0 Å². The van der Waals surface area contributed by atoms with Gasteiger partial charge in [-0.25, -0.2) is 0 Å². The standard InChI is InChI=1S/C16H20N2O3/c1-11-10-17(7-8-21-11)16(20)14-3-4-15-13(9-14)5-6-18(15)12(2)19/h3-4,9,11H,5-8,10H2,1-2H3. The monoisotopic (exact) mass is 288 g/mol. The van der Waals surface area contributed by atoms with Crippen molar-refractivity contribution in [1.82, 2.24) is 4.90 Å². The molecule has 5 heteroatoms. The zero-order chi connectivity index (χ0) is 15.0. The third-order valence-corrected chi connectivity index (χ3v) is 4.13. The van der Waals surface area contributed by atoms with Crippen molar-refractivity contribution in [3.05, 3.63) is 29.3 Å². The van der Waals surface area contributed by atoms with Gasteiger partial charge in [0.25, 0.3) is 5.91 Å². The van der Waals surface area contributed by atoms with Crippen LogP contribution >= 0.6 is 0 Å². The van der Waals surface area contributed by atoms with Crippen LogP contribution in [0.2, 0.25) is 0 Å². The summed E-state index contributed by atoms with van der Waals surface area (Å²) in [6, 6.07) is 5.64. The molecule has 0 saturated carbocycles. The van der Waals surface area contributed by atoms with Gasteiger partial charge in [0.2, 0.25) is 5.91 Å². The van der Waals surface area contributed by atoms with E-state index in [1.807, 2.05) is 30.0 Å². The van der Waals surface area contributed by atoms with Gasteiger partial charge in [0, 0.05) is 37.8 Å². The lowest BCUT2D eigenvalue weighted by atomic mass is 10.1. The summed E-state index contributed by atoms with van der Waals surface area (Å²) < 4.78 is 5.47. The highest BCUT2D eigenvalue weighted by Crippen LogP contribution is 2.29. The van der Waals surface area contributed by atoms with Crippen molar-refractivity contribution >= 4 is 17.5 Å². The molecule has 5 nitrogen and oxygen atoms in total. The van der Waals surface area contributed by atoms with E-state index in [0.717, 1.165) is 17.7 Å². The minimum atomic E-state index is 0.0502. The molecule has 1 aromatic carbocycles. The van der Waals surface area contributed by atoms with Crippen molar-refractivity contribution in [2.45, 2.75) is 26.4 Å². The molecule has 3 rings (SSSR count). The second-order valence-electron chi connectivity index (χ2n) is 5.70. The van der Waals surface area contributed by atoms with E-state index in [-0.39, 0.29) is 17.9 Å². The number of carbonyl (C=O) groups excluding carboxylic acids is 2. The molecular weight excluding hydrogens is 268 g/mol. The van der Waals surface area contributed by atoms with Crippen LogP contribution in [-0.2, 0) is 16.0 Å². The molecule has 21 heavy (non-hydrogen) atoms. The molecule has 2 aliphatic heterocycles. The van der Waals surface area contributed by atoms with Crippen LogP contribution in [-0.4, -0.2) is 49.1 Å². The Balaban J connectivity index is 1.81. The molecule has 0 radical (unpaired) electrons. The van der Waals surface area contributed by atoms with Gasteiger partial charge in [-0.2, -0.15) is 0 Å². The molecule has 1 unspecified atom stereocenters. The van der Waals surface area contributed by atoms with Gasteiger partial charge in [0.15, 0.2) is 0 Å². The first-order chi connectivity index (χ1) is 10.1. The number of morpholine rings is 1. The largest absolute Gasteiger partial charge is 0.375 e. The Morgan fingerprint density at radius 3 is 2.81 bits per heavy atom. The molecule has 0 N–H and O–H groups in total. The lowest BCUT2D eigenvalue weighted by Gasteiger charge is -2.31. The Labute approximate surface area is 124 Å². The molecule has 0 spiro atoms. The second kappa shape index (κ2) is 5.48. The number of rotatable bonds is 1. The maximum Gasteiger partial charge on any atom is 0.254 e. The van der Waals surface area contributed by atoms with E-state index >= 15 is 0 Å². The number of carbonyl (C=O) groups is 2. The summed E-state index contributed by atoms with van der Waals surface area (Å²) >= 11 is 0. The van der Waals surface area contributed by atoms with Gasteiger partial charge >= 0.3 is 0 Å². The third kappa shape index (κ3) is 2.65. The smallest absolute Gasteiger partial charge is 0.254 e. The zero-order valence-corrected chi connectivity index (χ0v) is 12.5. The molecule has 2 heterocycles. The van der Waals surface area contributed by atoms with Crippen LogP contribution in [0.4, 0.5) is 5.69 Å². The average molecular weight is 288 g/mol. The third-order valence-electron chi connectivity index (χ3n) is 4.13. The quantitative estimate of drug-likeness (QED) is 0.786. The van der Waals surface area contributed by atoms with E-state index in [1.54, 1.807) is 11.8 Å². The number of hydrogen-bond donors (Lipinski definition) is 0. The van der Waals surface area contributed by atoms with E-state index in [2.05, 4.69) is 0 Å². The van der Waals surface area contributed by atoms with Crippen LogP contribution < -0.4 is 4.90 Å². The number of fused-ring (bicyclic) bond motifs is 1. The number of benzene rings is 1. The summed E-state index contributed by atoms with van der Waals surface area (Å²) in [5.41, 5.74) is 2.72.